The van der Waals surface area contributed by atoms with Gasteiger partial charge in [-0.15, -0.1) is 0 Å². The van der Waals surface area contributed by atoms with Crippen LogP contribution in [0.4, 0.5) is 49.6 Å². The number of hydrogen-bond acceptors (Lipinski definition) is 7. The normalized spacial score (nSPS) is 14.1. The standard InChI is InChI=1S/C26H28F6N6O/c1-2-15-39-16-12-34-24-36-21-10-14-38(23-20(26(30,31)32)4-3-11-33-23)13-9-19(21)22(37-24)35-18-7-5-17(6-8-18)25(27,28)29/h3-8,11H,2,9-10,12-16H2,1H3,(H2,34,35,36,37). The van der Waals surface area contributed by atoms with Crippen LogP contribution in [0.5, 0.6) is 0 Å². The highest BCUT2D eigenvalue weighted by atomic mass is 19.4. The fourth-order valence-electron chi connectivity index (χ4n) is 4.22. The molecule has 0 aliphatic carbocycles. The van der Waals surface area contributed by atoms with E-state index in [1.165, 1.54) is 24.4 Å². The number of aromatic nitrogens is 3. The molecule has 3 heterocycles. The number of ether oxygens (including phenoxy) is 1. The maximum absolute atomic E-state index is 13.6. The van der Waals surface area contributed by atoms with Crippen LogP contribution in [0.15, 0.2) is 42.6 Å². The topological polar surface area (TPSA) is 75.2 Å². The first-order chi connectivity index (χ1) is 18.6. The van der Waals surface area contributed by atoms with Crippen LogP contribution in [0.3, 0.4) is 0 Å². The Hall–Kier alpha value is -3.61. The third kappa shape index (κ3) is 7.28. The van der Waals surface area contributed by atoms with E-state index >= 15 is 0 Å². The lowest BCUT2D eigenvalue weighted by atomic mass is 10.1. The van der Waals surface area contributed by atoms with E-state index in [-0.39, 0.29) is 24.9 Å². The third-order valence-electron chi connectivity index (χ3n) is 6.09. The van der Waals surface area contributed by atoms with Crippen molar-refractivity contribution in [3.05, 3.63) is 65.0 Å². The van der Waals surface area contributed by atoms with Crippen LogP contribution in [0.25, 0.3) is 0 Å². The van der Waals surface area contributed by atoms with Crippen molar-refractivity contribution in [2.45, 2.75) is 38.5 Å². The van der Waals surface area contributed by atoms with Crippen LogP contribution >= 0.6 is 0 Å². The highest BCUT2D eigenvalue weighted by molar-refractivity contribution is 5.63. The van der Waals surface area contributed by atoms with E-state index in [0.717, 1.165) is 24.6 Å². The summed E-state index contributed by atoms with van der Waals surface area (Å²) in [6.45, 7) is 3.90. The van der Waals surface area contributed by atoms with Gasteiger partial charge in [0.25, 0.3) is 0 Å². The van der Waals surface area contributed by atoms with Crippen molar-refractivity contribution in [1.29, 1.82) is 0 Å². The SMILES string of the molecule is CCCOCCNc1nc2c(c(Nc3ccc(C(F)(F)F)cc3)n1)CCN(c1ncccc1C(F)(F)F)CC2. The predicted octanol–water partition coefficient (Wildman–Crippen LogP) is 6.10. The van der Waals surface area contributed by atoms with Gasteiger partial charge >= 0.3 is 12.4 Å². The molecule has 13 heteroatoms. The first-order valence-electron chi connectivity index (χ1n) is 12.5. The number of pyridine rings is 1. The largest absolute Gasteiger partial charge is 0.419 e. The van der Waals surface area contributed by atoms with Crippen LogP contribution in [-0.4, -0.2) is 47.8 Å². The van der Waals surface area contributed by atoms with Gasteiger partial charge in [-0.2, -0.15) is 31.3 Å². The molecule has 0 atom stereocenters. The Kier molecular flexibility index (Phi) is 8.78. The molecule has 0 amide bonds. The molecule has 0 spiro atoms. The molecule has 0 radical (unpaired) electrons. The molecule has 7 nitrogen and oxygen atoms in total. The summed E-state index contributed by atoms with van der Waals surface area (Å²) >= 11 is 0. The minimum absolute atomic E-state index is 0.158. The molecule has 210 valence electrons. The zero-order chi connectivity index (χ0) is 28.0. The van der Waals surface area contributed by atoms with Gasteiger partial charge in [0.1, 0.15) is 11.6 Å². The molecular formula is C26H28F6N6O. The minimum Gasteiger partial charge on any atom is -0.380 e. The number of hydrogen-bond donors (Lipinski definition) is 2. The van der Waals surface area contributed by atoms with Crippen molar-refractivity contribution in [1.82, 2.24) is 15.0 Å². The van der Waals surface area contributed by atoms with E-state index in [9.17, 15) is 26.3 Å². The molecule has 0 saturated heterocycles. The van der Waals surface area contributed by atoms with Crippen molar-refractivity contribution in [3.8, 4) is 0 Å². The quantitative estimate of drug-likeness (QED) is 0.245. The predicted molar refractivity (Wildman–Crippen MR) is 135 cm³/mol. The Morgan fingerprint density at radius 2 is 1.67 bits per heavy atom. The summed E-state index contributed by atoms with van der Waals surface area (Å²) in [5.41, 5.74) is 0.0828. The molecule has 0 bridgehead atoms. The van der Waals surface area contributed by atoms with E-state index in [1.807, 2.05) is 6.92 Å². The summed E-state index contributed by atoms with van der Waals surface area (Å²) in [5, 5.41) is 6.17. The summed E-state index contributed by atoms with van der Waals surface area (Å²) < 4.78 is 85.4. The Balaban J connectivity index is 1.61. The second-order valence-corrected chi connectivity index (χ2v) is 8.92. The molecule has 3 aromatic rings. The van der Waals surface area contributed by atoms with E-state index in [2.05, 4.69) is 25.6 Å². The van der Waals surface area contributed by atoms with Crippen molar-refractivity contribution in [3.63, 3.8) is 0 Å². The molecule has 0 fully saturated rings. The molecular weight excluding hydrogens is 526 g/mol. The van der Waals surface area contributed by atoms with Gasteiger partial charge in [0, 0.05) is 50.1 Å². The molecule has 1 aliphatic heterocycles. The first-order valence-corrected chi connectivity index (χ1v) is 12.5. The zero-order valence-electron chi connectivity index (χ0n) is 21.2. The van der Waals surface area contributed by atoms with Crippen LogP contribution in [0, 0.1) is 0 Å². The Morgan fingerprint density at radius 3 is 2.36 bits per heavy atom. The van der Waals surface area contributed by atoms with E-state index in [1.54, 1.807) is 4.90 Å². The van der Waals surface area contributed by atoms with Gasteiger partial charge in [-0.25, -0.2) is 9.97 Å². The number of anilines is 4. The number of nitrogens with one attached hydrogen (secondary N) is 2. The van der Waals surface area contributed by atoms with Gasteiger partial charge in [0.15, 0.2) is 0 Å². The van der Waals surface area contributed by atoms with Crippen molar-refractivity contribution in [2.75, 3.05) is 48.4 Å². The second-order valence-electron chi connectivity index (χ2n) is 8.92. The van der Waals surface area contributed by atoms with Crippen LogP contribution < -0.4 is 15.5 Å². The molecule has 2 N–H and O–H groups in total. The summed E-state index contributed by atoms with van der Waals surface area (Å²) in [4.78, 5) is 14.7. The molecule has 2 aromatic heterocycles. The maximum atomic E-state index is 13.6. The number of nitrogens with zero attached hydrogens (tertiary/aromatic N) is 4. The minimum atomic E-state index is -4.56. The van der Waals surface area contributed by atoms with Crippen molar-refractivity contribution >= 4 is 23.3 Å². The lowest BCUT2D eigenvalue weighted by molar-refractivity contribution is -0.138. The lowest BCUT2D eigenvalue weighted by Gasteiger charge is -2.24. The summed E-state index contributed by atoms with van der Waals surface area (Å²) in [6.07, 6.45) is -6.22. The fourth-order valence-corrected chi connectivity index (χ4v) is 4.22. The zero-order valence-corrected chi connectivity index (χ0v) is 21.2. The number of fused-ring (bicyclic) bond motifs is 1. The summed E-state index contributed by atoms with van der Waals surface area (Å²) in [7, 11) is 0. The van der Waals surface area contributed by atoms with Gasteiger partial charge in [0.2, 0.25) is 5.95 Å². The van der Waals surface area contributed by atoms with Gasteiger partial charge in [-0.05, 0) is 49.2 Å². The number of rotatable bonds is 9. The van der Waals surface area contributed by atoms with Crippen LogP contribution in [0.2, 0.25) is 0 Å². The monoisotopic (exact) mass is 554 g/mol. The Morgan fingerprint density at radius 1 is 0.923 bits per heavy atom. The third-order valence-corrected chi connectivity index (χ3v) is 6.09. The molecule has 0 unspecified atom stereocenters. The molecule has 1 aromatic carbocycles. The average Bonchev–Trinajstić information content (AvgIpc) is 3.11. The Bertz CT molecular complexity index is 1250. The maximum Gasteiger partial charge on any atom is 0.419 e. The molecule has 1 aliphatic rings. The van der Waals surface area contributed by atoms with E-state index in [0.29, 0.717) is 55.4 Å². The van der Waals surface area contributed by atoms with Crippen molar-refractivity contribution < 1.29 is 31.1 Å². The summed E-state index contributed by atoms with van der Waals surface area (Å²) in [6, 6.07) is 6.78. The number of halogens is 6. The van der Waals surface area contributed by atoms with Crippen LogP contribution in [-0.2, 0) is 29.9 Å². The van der Waals surface area contributed by atoms with Gasteiger partial charge in [-0.3, -0.25) is 0 Å². The average molecular weight is 555 g/mol. The van der Waals surface area contributed by atoms with E-state index in [4.69, 9.17) is 4.74 Å². The van der Waals surface area contributed by atoms with Gasteiger partial charge in [-0.1, -0.05) is 6.92 Å². The van der Waals surface area contributed by atoms with Gasteiger partial charge < -0.3 is 20.3 Å². The van der Waals surface area contributed by atoms with E-state index < -0.39 is 23.5 Å². The fraction of sp³-hybridized carbons (Fsp3) is 0.423. The first kappa shape index (κ1) is 28.4. The molecule has 39 heavy (non-hydrogen) atoms. The number of alkyl halides is 6. The highest BCUT2D eigenvalue weighted by Crippen LogP contribution is 2.36. The Labute approximate surface area is 221 Å². The number of benzene rings is 1. The highest BCUT2D eigenvalue weighted by Gasteiger charge is 2.36. The van der Waals surface area contributed by atoms with Gasteiger partial charge in [0.05, 0.1) is 23.4 Å². The molecule has 0 saturated carbocycles. The summed E-state index contributed by atoms with van der Waals surface area (Å²) in [5.74, 6) is 0.496. The molecule has 4 rings (SSSR count). The lowest BCUT2D eigenvalue weighted by Crippen LogP contribution is -2.29. The second kappa shape index (κ2) is 12.1. The van der Waals surface area contributed by atoms with Crippen LogP contribution in [0.1, 0.15) is 35.7 Å². The van der Waals surface area contributed by atoms with Crippen molar-refractivity contribution in [2.24, 2.45) is 0 Å². The smallest absolute Gasteiger partial charge is 0.380 e.